The van der Waals surface area contributed by atoms with Crippen molar-refractivity contribution < 1.29 is 4.39 Å². The molecule has 0 bridgehead atoms. The monoisotopic (exact) mass is 502 g/mol. The van der Waals surface area contributed by atoms with Gasteiger partial charge in [-0.25, -0.2) is 14.4 Å². The molecule has 2 aromatic rings. The Kier molecular flexibility index (Phi) is 7.63. The van der Waals surface area contributed by atoms with E-state index in [-0.39, 0.29) is 11.1 Å². The van der Waals surface area contributed by atoms with Crippen LogP contribution in [0.25, 0.3) is 5.70 Å². The van der Waals surface area contributed by atoms with Gasteiger partial charge in [-0.05, 0) is 44.0 Å². The lowest BCUT2D eigenvalue weighted by molar-refractivity contribution is 0.297. The predicted molar refractivity (Wildman–Crippen MR) is 139 cm³/mol. The fraction of sp³-hybridized carbons (Fsp3) is 0.360. The Bertz CT molecular complexity index is 1110. The van der Waals surface area contributed by atoms with Crippen LogP contribution in [0.4, 0.5) is 10.2 Å². The van der Waals surface area contributed by atoms with Crippen molar-refractivity contribution >= 4 is 40.6 Å². The number of rotatable bonds is 5. The highest BCUT2D eigenvalue weighted by molar-refractivity contribution is 6.33. The molecule has 2 fully saturated rings. The fourth-order valence-corrected chi connectivity index (χ4v) is 4.71. The van der Waals surface area contributed by atoms with Crippen molar-refractivity contribution in [1.82, 2.24) is 14.8 Å². The second kappa shape index (κ2) is 10.7. The molecule has 1 atom stereocenters. The smallest absolute Gasteiger partial charge is 0.147 e. The molecule has 4 rings (SSSR count). The average Bonchev–Trinajstić information content (AvgIpc) is 3.36. The van der Waals surface area contributed by atoms with Crippen LogP contribution in [0.1, 0.15) is 25.3 Å². The maximum Gasteiger partial charge on any atom is 0.147 e. The molecule has 1 aromatic heterocycles. The molecule has 0 amide bonds. The first-order valence-corrected chi connectivity index (χ1v) is 12.2. The van der Waals surface area contributed by atoms with E-state index in [1.807, 2.05) is 12.1 Å². The molecule has 180 valence electrons. The Hall–Kier alpha value is -2.77. The van der Waals surface area contributed by atoms with E-state index >= 15 is 0 Å². The number of anilines is 1. The lowest BCUT2D eigenvalue weighted by atomic mass is 10.1. The summed E-state index contributed by atoms with van der Waals surface area (Å²) >= 11 is 12.2. The highest BCUT2D eigenvalue weighted by Gasteiger charge is 2.28. The largest absolute Gasteiger partial charge is 0.398 e. The van der Waals surface area contributed by atoms with E-state index in [9.17, 15) is 4.39 Å². The zero-order valence-corrected chi connectivity index (χ0v) is 20.7. The number of aromatic nitrogens is 1. The van der Waals surface area contributed by atoms with E-state index in [1.165, 1.54) is 12.1 Å². The zero-order valence-electron chi connectivity index (χ0n) is 19.2. The van der Waals surface area contributed by atoms with Gasteiger partial charge in [0, 0.05) is 62.3 Å². The van der Waals surface area contributed by atoms with Crippen molar-refractivity contribution in [2.75, 3.05) is 37.6 Å². The number of nitrogens with two attached hydrogens (primary N) is 1. The lowest BCUT2D eigenvalue weighted by Gasteiger charge is -2.42. The van der Waals surface area contributed by atoms with Crippen LogP contribution in [0.5, 0.6) is 0 Å². The van der Waals surface area contributed by atoms with Gasteiger partial charge in [-0.3, -0.25) is 0 Å². The third kappa shape index (κ3) is 5.47. The highest BCUT2D eigenvalue weighted by Crippen LogP contribution is 2.26. The molecule has 6 nitrogen and oxygen atoms in total. The van der Waals surface area contributed by atoms with Crippen LogP contribution in [0, 0.1) is 5.82 Å². The molecule has 34 heavy (non-hydrogen) atoms. The van der Waals surface area contributed by atoms with Gasteiger partial charge in [-0.15, -0.1) is 0 Å². The van der Waals surface area contributed by atoms with Crippen LogP contribution in [0.15, 0.2) is 60.0 Å². The minimum atomic E-state index is -0.510. The number of piperazine rings is 1. The number of amidine groups is 1. The number of benzene rings is 1. The summed E-state index contributed by atoms with van der Waals surface area (Å²) in [4.78, 5) is 15.9. The molecule has 0 unspecified atom stereocenters. The van der Waals surface area contributed by atoms with Gasteiger partial charge < -0.3 is 20.4 Å². The molecule has 1 aromatic carbocycles. The second-order valence-electron chi connectivity index (χ2n) is 8.61. The van der Waals surface area contributed by atoms with Crippen molar-refractivity contribution in [2.24, 2.45) is 10.7 Å². The molecule has 0 radical (unpaired) electrons. The van der Waals surface area contributed by atoms with E-state index in [0.29, 0.717) is 34.5 Å². The van der Waals surface area contributed by atoms with Gasteiger partial charge >= 0.3 is 0 Å². The third-order valence-electron chi connectivity index (χ3n) is 6.21. The van der Waals surface area contributed by atoms with Crippen molar-refractivity contribution in [2.45, 2.75) is 25.8 Å². The van der Waals surface area contributed by atoms with Crippen molar-refractivity contribution in [3.8, 4) is 0 Å². The molecule has 0 spiro atoms. The number of pyridine rings is 1. The number of likely N-dealkylation sites (tertiary alicyclic amines) is 1. The number of nitrogens with zero attached hydrogens (tertiary/aromatic N) is 5. The number of hydrogen-bond donors (Lipinski definition) is 1. The summed E-state index contributed by atoms with van der Waals surface area (Å²) in [6.07, 6.45) is 5.81. The summed E-state index contributed by atoms with van der Waals surface area (Å²) in [5.41, 5.74) is 7.35. The third-order valence-corrected chi connectivity index (χ3v) is 6.81. The van der Waals surface area contributed by atoms with Crippen LogP contribution in [-0.2, 0) is 0 Å². The molecule has 2 N–H and O–H groups in total. The lowest BCUT2D eigenvalue weighted by Crippen LogP contribution is -2.54. The van der Waals surface area contributed by atoms with Crippen molar-refractivity contribution in [3.63, 3.8) is 0 Å². The predicted octanol–water partition coefficient (Wildman–Crippen LogP) is 5.00. The first-order valence-electron chi connectivity index (χ1n) is 11.4. The fourth-order valence-electron chi connectivity index (χ4n) is 4.36. The van der Waals surface area contributed by atoms with Crippen LogP contribution in [0.3, 0.4) is 0 Å². The van der Waals surface area contributed by atoms with Gasteiger partial charge in [0.2, 0.25) is 0 Å². The van der Waals surface area contributed by atoms with E-state index in [1.54, 1.807) is 18.3 Å². The second-order valence-corrected chi connectivity index (χ2v) is 9.42. The SMILES string of the molecule is C=C(/N=C(\C=C(/N)c1ccc(Cl)c(F)c1)N1CCN(c2ncccc2Cl)C[C@@H]1C)N1CCCC1. The van der Waals surface area contributed by atoms with Crippen LogP contribution in [0.2, 0.25) is 10.0 Å². The highest BCUT2D eigenvalue weighted by atomic mass is 35.5. The number of halogens is 3. The zero-order chi connectivity index (χ0) is 24.2. The minimum absolute atomic E-state index is 0.0609. The topological polar surface area (TPSA) is 61.0 Å². The summed E-state index contributed by atoms with van der Waals surface area (Å²) in [7, 11) is 0. The van der Waals surface area contributed by atoms with E-state index in [0.717, 1.165) is 44.8 Å². The Morgan fingerprint density at radius 1 is 1.18 bits per heavy atom. The molecule has 3 heterocycles. The number of aliphatic imine (C=N–C) groups is 1. The number of hydrogen-bond acceptors (Lipinski definition) is 5. The average molecular weight is 503 g/mol. The molecule has 2 saturated heterocycles. The Morgan fingerprint density at radius 3 is 2.62 bits per heavy atom. The summed E-state index contributed by atoms with van der Waals surface area (Å²) in [6.45, 7) is 10.3. The molecule has 9 heteroatoms. The first kappa shape index (κ1) is 24.4. The van der Waals surface area contributed by atoms with Crippen molar-refractivity contribution in [3.05, 3.63) is 76.4 Å². The summed E-state index contributed by atoms with van der Waals surface area (Å²) in [6, 6.07) is 8.32. The summed E-state index contributed by atoms with van der Waals surface area (Å²) < 4.78 is 14.0. The summed E-state index contributed by atoms with van der Waals surface area (Å²) in [5, 5.41) is 0.694. The van der Waals surface area contributed by atoms with Crippen LogP contribution < -0.4 is 10.6 Å². The molecule has 2 aliphatic heterocycles. The quantitative estimate of drug-likeness (QED) is 0.460. The van der Waals surface area contributed by atoms with E-state index in [4.69, 9.17) is 33.9 Å². The molecular formula is C25H29Cl2FN6. The van der Waals surface area contributed by atoms with Gasteiger partial charge in [-0.2, -0.15) is 0 Å². The normalized spacial score (nSPS) is 19.6. The van der Waals surface area contributed by atoms with Gasteiger partial charge in [0.05, 0.1) is 10.0 Å². The van der Waals surface area contributed by atoms with Gasteiger partial charge in [-0.1, -0.05) is 35.8 Å². The molecular weight excluding hydrogens is 474 g/mol. The molecule has 0 saturated carbocycles. The van der Waals surface area contributed by atoms with E-state index in [2.05, 4.69) is 33.2 Å². The maximum atomic E-state index is 14.0. The minimum Gasteiger partial charge on any atom is -0.398 e. The Balaban J connectivity index is 1.62. The Morgan fingerprint density at radius 2 is 1.94 bits per heavy atom. The van der Waals surface area contributed by atoms with Crippen LogP contribution in [-0.4, -0.2) is 59.4 Å². The van der Waals surface area contributed by atoms with Crippen molar-refractivity contribution in [1.29, 1.82) is 0 Å². The molecule has 2 aliphatic rings. The van der Waals surface area contributed by atoms with Gasteiger partial charge in [0.25, 0.3) is 0 Å². The van der Waals surface area contributed by atoms with Crippen LogP contribution >= 0.6 is 23.2 Å². The maximum absolute atomic E-state index is 14.0. The van der Waals surface area contributed by atoms with E-state index < -0.39 is 5.82 Å². The Labute approximate surface area is 210 Å². The van der Waals surface area contributed by atoms with Gasteiger partial charge in [0.1, 0.15) is 23.3 Å². The standard InChI is InChI=1S/C25H29Cl2FN6/c1-17-16-33(25-21(27)6-5-9-30-25)12-13-34(17)24(31-18(2)32-10-3-4-11-32)15-23(29)19-7-8-20(26)22(28)14-19/h5-9,14-15,17H,2-4,10-13,16,29H2,1H3/b23-15-,31-24+/t17-/m0/s1. The van der Waals surface area contributed by atoms with Gasteiger partial charge in [0.15, 0.2) is 0 Å². The summed E-state index contributed by atoms with van der Waals surface area (Å²) in [5.74, 6) is 1.68. The first-order chi connectivity index (χ1) is 16.3. The molecule has 0 aliphatic carbocycles.